The summed E-state index contributed by atoms with van der Waals surface area (Å²) in [7, 11) is 0. The van der Waals surface area contributed by atoms with Crippen LogP contribution in [0.25, 0.3) is 0 Å². The standard InChI is InChI=1S/C16H18ClNO2/c17-14-6-8-15(9-7-14)18-10-11-19-12-13-20-16-4-2-1-3-5-16/h1-9,18H,10-13H2. The van der Waals surface area contributed by atoms with Crippen LogP contribution in [0.2, 0.25) is 5.02 Å². The second-order valence-corrected chi connectivity index (χ2v) is 4.64. The molecule has 2 aromatic carbocycles. The van der Waals surface area contributed by atoms with Gasteiger partial charge in [0.15, 0.2) is 0 Å². The highest BCUT2D eigenvalue weighted by atomic mass is 35.5. The molecule has 20 heavy (non-hydrogen) atoms. The minimum absolute atomic E-state index is 0.560. The van der Waals surface area contributed by atoms with Crippen LogP contribution in [0.15, 0.2) is 54.6 Å². The lowest BCUT2D eigenvalue weighted by Crippen LogP contribution is -2.13. The number of rotatable bonds is 8. The maximum Gasteiger partial charge on any atom is 0.119 e. The number of halogens is 1. The average molecular weight is 292 g/mol. The van der Waals surface area contributed by atoms with E-state index in [0.717, 1.165) is 23.0 Å². The van der Waals surface area contributed by atoms with Crippen LogP contribution >= 0.6 is 11.6 Å². The Morgan fingerprint density at radius 3 is 2.35 bits per heavy atom. The third-order valence-corrected chi connectivity index (χ3v) is 2.91. The third kappa shape index (κ3) is 5.51. The molecule has 1 N–H and O–H groups in total. The smallest absolute Gasteiger partial charge is 0.119 e. The molecule has 2 aromatic rings. The highest BCUT2D eigenvalue weighted by Crippen LogP contribution is 2.12. The maximum atomic E-state index is 5.81. The van der Waals surface area contributed by atoms with E-state index >= 15 is 0 Å². The van der Waals surface area contributed by atoms with Gasteiger partial charge in [-0.2, -0.15) is 0 Å². The first-order chi connectivity index (χ1) is 9.84. The van der Waals surface area contributed by atoms with Gasteiger partial charge in [-0.05, 0) is 36.4 Å². The number of hydrogen-bond acceptors (Lipinski definition) is 3. The van der Waals surface area contributed by atoms with Crippen LogP contribution in [0.3, 0.4) is 0 Å². The lowest BCUT2D eigenvalue weighted by Gasteiger charge is -2.08. The van der Waals surface area contributed by atoms with E-state index in [4.69, 9.17) is 21.1 Å². The van der Waals surface area contributed by atoms with Gasteiger partial charge in [0.2, 0.25) is 0 Å². The van der Waals surface area contributed by atoms with Crippen LogP contribution in [0, 0.1) is 0 Å². The molecule has 0 amide bonds. The van der Waals surface area contributed by atoms with Gasteiger partial charge in [0.25, 0.3) is 0 Å². The van der Waals surface area contributed by atoms with Crippen molar-refractivity contribution in [1.29, 1.82) is 0 Å². The van der Waals surface area contributed by atoms with Crippen LogP contribution < -0.4 is 10.1 Å². The fourth-order valence-electron chi connectivity index (χ4n) is 1.67. The average Bonchev–Trinajstić information content (AvgIpc) is 2.49. The molecule has 0 heterocycles. The van der Waals surface area contributed by atoms with Crippen LogP contribution in [-0.4, -0.2) is 26.4 Å². The van der Waals surface area contributed by atoms with Gasteiger partial charge in [-0.15, -0.1) is 0 Å². The predicted molar refractivity (Wildman–Crippen MR) is 82.7 cm³/mol. The van der Waals surface area contributed by atoms with Crippen LogP contribution in [0.1, 0.15) is 0 Å². The normalized spacial score (nSPS) is 10.2. The Balaban J connectivity index is 1.51. The Hall–Kier alpha value is -1.71. The maximum absolute atomic E-state index is 5.81. The van der Waals surface area contributed by atoms with E-state index in [1.807, 2.05) is 54.6 Å². The molecule has 0 atom stereocenters. The second-order valence-electron chi connectivity index (χ2n) is 4.21. The van der Waals surface area contributed by atoms with E-state index in [1.54, 1.807) is 0 Å². The molecule has 0 saturated carbocycles. The van der Waals surface area contributed by atoms with Crippen molar-refractivity contribution in [3.63, 3.8) is 0 Å². The van der Waals surface area contributed by atoms with Crippen LogP contribution in [0.4, 0.5) is 5.69 Å². The summed E-state index contributed by atoms with van der Waals surface area (Å²) < 4.78 is 11.0. The topological polar surface area (TPSA) is 30.5 Å². The van der Waals surface area contributed by atoms with Gasteiger partial charge in [0.05, 0.1) is 13.2 Å². The zero-order valence-corrected chi connectivity index (χ0v) is 12.0. The molecule has 2 rings (SSSR count). The number of para-hydroxylation sites is 1. The van der Waals surface area contributed by atoms with Crippen LogP contribution in [-0.2, 0) is 4.74 Å². The van der Waals surface area contributed by atoms with Gasteiger partial charge in [-0.25, -0.2) is 0 Å². The van der Waals surface area contributed by atoms with Gasteiger partial charge < -0.3 is 14.8 Å². The molecule has 0 bridgehead atoms. The number of ether oxygens (including phenoxy) is 2. The lowest BCUT2D eigenvalue weighted by atomic mass is 10.3. The highest BCUT2D eigenvalue weighted by Gasteiger charge is 1.94. The molecule has 0 radical (unpaired) electrons. The quantitative estimate of drug-likeness (QED) is 0.750. The minimum atomic E-state index is 0.560. The summed E-state index contributed by atoms with van der Waals surface area (Å²) in [6.07, 6.45) is 0. The fourth-order valence-corrected chi connectivity index (χ4v) is 1.80. The molecular weight excluding hydrogens is 274 g/mol. The van der Waals surface area contributed by atoms with Crippen molar-refractivity contribution in [3.05, 3.63) is 59.6 Å². The predicted octanol–water partition coefficient (Wildman–Crippen LogP) is 3.85. The van der Waals surface area contributed by atoms with Gasteiger partial charge in [0, 0.05) is 17.3 Å². The Bertz CT molecular complexity index is 488. The van der Waals surface area contributed by atoms with E-state index in [-0.39, 0.29) is 0 Å². The molecule has 0 aliphatic carbocycles. The molecular formula is C16H18ClNO2. The van der Waals surface area contributed by atoms with Gasteiger partial charge in [-0.3, -0.25) is 0 Å². The first-order valence-corrected chi connectivity index (χ1v) is 6.97. The molecule has 0 fully saturated rings. The van der Waals surface area contributed by atoms with Gasteiger partial charge in [-0.1, -0.05) is 29.8 Å². The molecule has 0 saturated heterocycles. The Morgan fingerprint density at radius 1 is 0.850 bits per heavy atom. The number of benzene rings is 2. The monoisotopic (exact) mass is 291 g/mol. The zero-order valence-electron chi connectivity index (χ0n) is 11.2. The van der Waals surface area contributed by atoms with Crippen molar-refractivity contribution in [1.82, 2.24) is 0 Å². The first-order valence-electron chi connectivity index (χ1n) is 6.59. The number of hydrogen-bond donors (Lipinski definition) is 1. The molecule has 0 aliphatic rings. The van der Waals surface area contributed by atoms with E-state index in [0.29, 0.717) is 19.8 Å². The number of nitrogens with one attached hydrogen (secondary N) is 1. The third-order valence-electron chi connectivity index (χ3n) is 2.66. The molecule has 0 aromatic heterocycles. The van der Waals surface area contributed by atoms with Crippen molar-refractivity contribution in [2.75, 3.05) is 31.7 Å². The summed E-state index contributed by atoms with van der Waals surface area (Å²) in [6.45, 7) is 2.54. The van der Waals surface area contributed by atoms with Crippen molar-refractivity contribution >= 4 is 17.3 Å². The van der Waals surface area contributed by atoms with E-state index in [2.05, 4.69) is 5.32 Å². The van der Waals surface area contributed by atoms with Crippen LogP contribution in [0.5, 0.6) is 5.75 Å². The summed E-state index contributed by atoms with van der Waals surface area (Å²) >= 11 is 5.81. The van der Waals surface area contributed by atoms with Gasteiger partial charge in [0.1, 0.15) is 12.4 Å². The summed E-state index contributed by atoms with van der Waals surface area (Å²) in [6, 6.07) is 17.3. The molecule has 0 aliphatic heterocycles. The Morgan fingerprint density at radius 2 is 1.60 bits per heavy atom. The first kappa shape index (κ1) is 14.7. The molecule has 3 nitrogen and oxygen atoms in total. The number of anilines is 1. The Labute approximate surface area is 124 Å². The van der Waals surface area contributed by atoms with Crippen molar-refractivity contribution < 1.29 is 9.47 Å². The van der Waals surface area contributed by atoms with E-state index in [9.17, 15) is 0 Å². The summed E-state index contributed by atoms with van der Waals surface area (Å²) in [5.74, 6) is 0.871. The highest BCUT2D eigenvalue weighted by molar-refractivity contribution is 6.30. The summed E-state index contributed by atoms with van der Waals surface area (Å²) in [5, 5.41) is 4.00. The Kier molecular flexibility index (Phi) is 6.21. The zero-order chi connectivity index (χ0) is 14.0. The largest absolute Gasteiger partial charge is 0.491 e. The second kappa shape index (κ2) is 8.46. The fraction of sp³-hybridized carbons (Fsp3) is 0.250. The van der Waals surface area contributed by atoms with E-state index < -0.39 is 0 Å². The summed E-state index contributed by atoms with van der Waals surface area (Å²) in [4.78, 5) is 0. The molecule has 4 heteroatoms. The van der Waals surface area contributed by atoms with Crippen molar-refractivity contribution in [2.45, 2.75) is 0 Å². The SMILES string of the molecule is Clc1ccc(NCCOCCOc2ccccc2)cc1. The minimum Gasteiger partial charge on any atom is -0.491 e. The van der Waals surface area contributed by atoms with E-state index in [1.165, 1.54) is 0 Å². The molecule has 0 unspecified atom stereocenters. The van der Waals surface area contributed by atoms with Crippen molar-refractivity contribution in [2.24, 2.45) is 0 Å². The molecule has 106 valence electrons. The lowest BCUT2D eigenvalue weighted by molar-refractivity contribution is 0.107. The molecule has 0 spiro atoms. The van der Waals surface area contributed by atoms with Crippen molar-refractivity contribution in [3.8, 4) is 5.75 Å². The summed E-state index contributed by atoms with van der Waals surface area (Å²) in [5.41, 5.74) is 1.04. The van der Waals surface area contributed by atoms with Gasteiger partial charge >= 0.3 is 0 Å².